The predicted molar refractivity (Wildman–Crippen MR) is 147 cm³/mol. The zero-order valence-electron chi connectivity index (χ0n) is 22.7. The van der Waals surface area contributed by atoms with Crippen molar-refractivity contribution in [3.63, 3.8) is 0 Å². The Morgan fingerprint density at radius 2 is 2.03 bits per heavy atom. The van der Waals surface area contributed by atoms with Crippen molar-refractivity contribution in [2.24, 2.45) is 18.1 Å². The number of pyridine rings is 2. The molecule has 0 bridgehead atoms. The number of aliphatic hydroxyl groups is 1. The summed E-state index contributed by atoms with van der Waals surface area (Å²) in [5.74, 6) is 1.44. The van der Waals surface area contributed by atoms with E-state index in [0.717, 1.165) is 42.6 Å². The van der Waals surface area contributed by atoms with Crippen molar-refractivity contribution in [2.75, 3.05) is 25.3 Å². The van der Waals surface area contributed by atoms with Crippen LogP contribution in [-0.4, -0.2) is 52.5 Å². The van der Waals surface area contributed by atoms with Crippen molar-refractivity contribution >= 4 is 22.4 Å². The van der Waals surface area contributed by atoms with E-state index in [0.29, 0.717) is 28.2 Å². The Morgan fingerprint density at radius 3 is 2.74 bits per heavy atom. The Morgan fingerprint density at radius 1 is 1.26 bits per heavy atom. The molecule has 1 fully saturated rings. The van der Waals surface area contributed by atoms with Gasteiger partial charge >= 0.3 is 0 Å². The highest BCUT2D eigenvalue weighted by Gasteiger charge is 2.33. The predicted octanol–water partition coefficient (Wildman–Crippen LogP) is 3.72. The molecule has 1 saturated carbocycles. The second kappa shape index (κ2) is 10.6. The number of aliphatic hydroxyl groups excluding tert-OH is 1. The van der Waals surface area contributed by atoms with Crippen LogP contribution < -0.4 is 19.9 Å². The molecule has 10 heteroatoms. The number of aryl methyl sites for hydroxylation is 1. The number of nitriles is 1. The number of fused-ring (bicyclic) bond motifs is 2. The number of aromatic nitrogens is 2. The monoisotopic (exact) mass is 531 g/mol. The topological polar surface area (TPSA) is 122 Å². The van der Waals surface area contributed by atoms with Crippen LogP contribution >= 0.6 is 0 Å². The molecule has 3 heterocycles. The van der Waals surface area contributed by atoms with Crippen molar-refractivity contribution in [1.82, 2.24) is 9.55 Å². The van der Waals surface area contributed by atoms with Gasteiger partial charge in [0.05, 0.1) is 23.5 Å². The summed E-state index contributed by atoms with van der Waals surface area (Å²) in [6, 6.07) is 13.0. The SMILES string of the molecule is CN(c1cc(=O)n(C)c2ccc(C#N)nc12)C1CCC(/C(=N\OC(C)(C)CO)c2cccc3c2OCO3)CC1. The maximum absolute atomic E-state index is 12.7. The van der Waals surface area contributed by atoms with Gasteiger partial charge in [0.1, 0.15) is 17.3 Å². The number of rotatable bonds is 7. The number of hydrogen-bond donors (Lipinski definition) is 1. The summed E-state index contributed by atoms with van der Waals surface area (Å²) < 4.78 is 12.9. The van der Waals surface area contributed by atoms with Crippen molar-refractivity contribution in [1.29, 1.82) is 5.26 Å². The minimum Gasteiger partial charge on any atom is -0.454 e. The van der Waals surface area contributed by atoms with E-state index >= 15 is 0 Å². The summed E-state index contributed by atoms with van der Waals surface area (Å²) in [4.78, 5) is 25.2. The Bertz CT molecular complexity index is 1510. The zero-order chi connectivity index (χ0) is 27.7. The average molecular weight is 532 g/mol. The molecule has 1 aromatic carbocycles. The molecule has 1 aliphatic carbocycles. The normalized spacial score (nSPS) is 19.1. The van der Waals surface area contributed by atoms with E-state index in [2.05, 4.69) is 21.1 Å². The summed E-state index contributed by atoms with van der Waals surface area (Å²) in [5, 5.41) is 23.7. The van der Waals surface area contributed by atoms with Gasteiger partial charge in [-0.25, -0.2) is 4.98 Å². The van der Waals surface area contributed by atoms with E-state index in [-0.39, 0.29) is 30.9 Å². The molecule has 1 aliphatic heterocycles. The number of para-hydroxylation sites is 1. The molecule has 10 nitrogen and oxygen atoms in total. The van der Waals surface area contributed by atoms with E-state index in [1.165, 1.54) is 0 Å². The highest BCUT2D eigenvalue weighted by molar-refractivity contribution is 6.05. The lowest BCUT2D eigenvalue weighted by Gasteiger charge is -2.36. The molecule has 204 valence electrons. The molecule has 0 spiro atoms. The zero-order valence-corrected chi connectivity index (χ0v) is 22.7. The minimum absolute atomic E-state index is 0.101. The summed E-state index contributed by atoms with van der Waals surface area (Å²) in [6.07, 6.45) is 3.37. The van der Waals surface area contributed by atoms with E-state index in [1.807, 2.05) is 25.2 Å². The maximum atomic E-state index is 12.7. The van der Waals surface area contributed by atoms with Gasteiger partial charge in [0.25, 0.3) is 5.56 Å². The number of hydrogen-bond acceptors (Lipinski definition) is 9. The highest BCUT2D eigenvalue weighted by atomic mass is 16.7. The second-order valence-corrected chi connectivity index (χ2v) is 10.7. The molecule has 39 heavy (non-hydrogen) atoms. The van der Waals surface area contributed by atoms with Crippen molar-refractivity contribution in [2.45, 2.75) is 51.2 Å². The molecule has 0 saturated heterocycles. The minimum atomic E-state index is -0.826. The number of nitrogens with zero attached hydrogens (tertiary/aromatic N) is 5. The van der Waals surface area contributed by atoms with Crippen LogP contribution in [0.4, 0.5) is 5.69 Å². The van der Waals surface area contributed by atoms with Crippen LogP contribution in [0.1, 0.15) is 50.8 Å². The number of anilines is 1. The molecule has 2 aromatic heterocycles. The number of ether oxygens (including phenoxy) is 2. The van der Waals surface area contributed by atoms with Crippen LogP contribution in [0, 0.1) is 17.2 Å². The summed E-state index contributed by atoms with van der Waals surface area (Å²) in [5.41, 5.74) is 3.03. The maximum Gasteiger partial charge on any atom is 0.252 e. The van der Waals surface area contributed by atoms with Gasteiger partial charge in [-0.2, -0.15) is 5.26 Å². The largest absolute Gasteiger partial charge is 0.454 e. The third-order valence-corrected chi connectivity index (χ3v) is 7.64. The average Bonchev–Trinajstić information content (AvgIpc) is 3.44. The fourth-order valence-electron chi connectivity index (χ4n) is 5.25. The van der Waals surface area contributed by atoms with Gasteiger partial charge in [0.15, 0.2) is 17.1 Å². The molecule has 0 unspecified atom stereocenters. The number of benzene rings is 1. The van der Waals surface area contributed by atoms with Crippen LogP contribution in [0.2, 0.25) is 0 Å². The first kappa shape index (κ1) is 26.5. The molecular weight excluding hydrogens is 498 g/mol. The first-order chi connectivity index (χ1) is 18.7. The summed E-state index contributed by atoms with van der Waals surface area (Å²) in [7, 11) is 3.69. The third kappa shape index (κ3) is 5.14. The lowest BCUT2D eigenvalue weighted by molar-refractivity contribution is -0.0520. The first-order valence-electron chi connectivity index (χ1n) is 13.1. The van der Waals surface area contributed by atoms with Crippen LogP contribution in [0.5, 0.6) is 11.5 Å². The standard InChI is InChI=1S/C29H33N5O5/c1-29(2,16-35)39-32-26(21-6-5-7-24-28(21)38-17-37-24)18-8-11-20(12-9-18)33(3)23-14-25(36)34(4)22-13-10-19(15-30)31-27(22)23/h5-7,10,13-14,18,20,35H,8-9,11-12,16-17H2,1-4H3/b32-26+. The molecule has 5 rings (SSSR count). The van der Waals surface area contributed by atoms with Crippen molar-refractivity contribution in [3.05, 3.63) is 58.0 Å². The van der Waals surface area contributed by atoms with E-state index in [9.17, 15) is 15.2 Å². The van der Waals surface area contributed by atoms with E-state index < -0.39 is 5.60 Å². The second-order valence-electron chi connectivity index (χ2n) is 10.7. The van der Waals surface area contributed by atoms with Crippen LogP contribution in [0.3, 0.4) is 0 Å². The molecule has 1 N–H and O–H groups in total. The lowest BCUT2D eigenvalue weighted by atomic mass is 9.80. The van der Waals surface area contributed by atoms with Gasteiger partial charge in [0.2, 0.25) is 6.79 Å². The fourth-order valence-corrected chi connectivity index (χ4v) is 5.25. The number of oxime groups is 1. The molecule has 0 atom stereocenters. The third-order valence-electron chi connectivity index (χ3n) is 7.64. The Balaban J connectivity index is 1.42. The quantitative estimate of drug-likeness (QED) is 0.362. The van der Waals surface area contributed by atoms with Crippen molar-refractivity contribution in [3.8, 4) is 17.6 Å². The Hall–Kier alpha value is -4.10. The van der Waals surface area contributed by atoms with Gasteiger partial charge in [-0.1, -0.05) is 11.2 Å². The van der Waals surface area contributed by atoms with E-state index in [4.69, 9.17) is 14.3 Å². The van der Waals surface area contributed by atoms with Crippen LogP contribution in [0.15, 0.2) is 46.3 Å². The Labute approximate surface area is 227 Å². The van der Waals surface area contributed by atoms with Gasteiger partial charge < -0.3 is 28.9 Å². The molecular formula is C29H33N5O5. The molecule has 0 amide bonds. The molecule has 0 radical (unpaired) electrons. The van der Waals surface area contributed by atoms with Crippen LogP contribution in [0.25, 0.3) is 11.0 Å². The van der Waals surface area contributed by atoms with Gasteiger partial charge in [-0.05, 0) is 63.8 Å². The summed E-state index contributed by atoms with van der Waals surface area (Å²) >= 11 is 0. The van der Waals surface area contributed by atoms with Crippen molar-refractivity contribution < 1.29 is 19.4 Å². The first-order valence-corrected chi connectivity index (χ1v) is 13.1. The molecule has 3 aromatic rings. The Kier molecular flexibility index (Phi) is 7.19. The fraction of sp³-hybridized carbons (Fsp3) is 0.448. The lowest BCUT2D eigenvalue weighted by Crippen LogP contribution is -2.38. The van der Waals surface area contributed by atoms with Gasteiger partial charge in [0, 0.05) is 37.7 Å². The van der Waals surface area contributed by atoms with Gasteiger partial charge in [-0.3, -0.25) is 4.79 Å². The summed E-state index contributed by atoms with van der Waals surface area (Å²) in [6.45, 7) is 3.57. The smallest absolute Gasteiger partial charge is 0.252 e. The highest BCUT2D eigenvalue weighted by Crippen LogP contribution is 2.40. The molecule has 2 aliphatic rings. The van der Waals surface area contributed by atoms with Gasteiger partial charge in [-0.15, -0.1) is 0 Å². The van der Waals surface area contributed by atoms with E-state index in [1.54, 1.807) is 43.7 Å². The van der Waals surface area contributed by atoms with Crippen LogP contribution in [-0.2, 0) is 11.9 Å².